The van der Waals surface area contributed by atoms with Crippen LogP contribution in [0.1, 0.15) is 36.5 Å². The number of para-hydroxylation sites is 1. The Kier molecular flexibility index (Phi) is 7.34. The van der Waals surface area contributed by atoms with Gasteiger partial charge in [0.1, 0.15) is 0 Å². The van der Waals surface area contributed by atoms with Gasteiger partial charge in [-0.15, -0.1) is 0 Å². The lowest BCUT2D eigenvalue weighted by atomic mass is 9.98. The van der Waals surface area contributed by atoms with Crippen molar-refractivity contribution in [1.82, 2.24) is 13.9 Å². The highest BCUT2D eigenvalue weighted by Gasteiger charge is 2.33. The number of nitrogens with zero attached hydrogens (tertiary/aromatic N) is 2. The van der Waals surface area contributed by atoms with Gasteiger partial charge in [0, 0.05) is 33.7 Å². The standard InChI is InChI=1S/C18H28N4O4S/c1-4-11-19-18(24)15-9-5-6-10-16(15)20-17(23)14-8-7-12-22(13-14)27(25,26)21(2)3/h5-6,9-10,14H,4,7-8,11-13H2,1-3H3,(H,19,24)(H,20,23)/t14-/m1/s1. The van der Waals surface area contributed by atoms with E-state index in [1.165, 1.54) is 18.4 Å². The van der Waals surface area contributed by atoms with E-state index >= 15 is 0 Å². The fourth-order valence-corrected chi connectivity index (χ4v) is 4.15. The van der Waals surface area contributed by atoms with E-state index in [2.05, 4.69) is 10.6 Å². The Hall–Kier alpha value is -1.97. The molecule has 1 aliphatic heterocycles. The van der Waals surface area contributed by atoms with E-state index in [4.69, 9.17) is 0 Å². The average molecular weight is 397 g/mol. The molecule has 1 atom stereocenters. The molecule has 2 amide bonds. The topological polar surface area (TPSA) is 98.8 Å². The number of amides is 2. The average Bonchev–Trinajstić information content (AvgIpc) is 2.66. The number of hydrogen-bond donors (Lipinski definition) is 2. The second-order valence-electron chi connectivity index (χ2n) is 6.78. The van der Waals surface area contributed by atoms with Gasteiger partial charge in [0.05, 0.1) is 17.2 Å². The van der Waals surface area contributed by atoms with Crippen LogP contribution in [0.5, 0.6) is 0 Å². The minimum absolute atomic E-state index is 0.135. The molecule has 1 aliphatic rings. The monoisotopic (exact) mass is 396 g/mol. The van der Waals surface area contributed by atoms with Crippen LogP contribution in [0.2, 0.25) is 0 Å². The van der Waals surface area contributed by atoms with E-state index in [-0.39, 0.29) is 18.4 Å². The molecular weight excluding hydrogens is 368 g/mol. The smallest absolute Gasteiger partial charge is 0.281 e. The number of benzene rings is 1. The molecule has 2 N–H and O–H groups in total. The van der Waals surface area contributed by atoms with Crippen LogP contribution in [0.15, 0.2) is 24.3 Å². The Morgan fingerprint density at radius 1 is 1.26 bits per heavy atom. The van der Waals surface area contributed by atoms with Crippen LogP contribution in [0.25, 0.3) is 0 Å². The quantitative estimate of drug-likeness (QED) is 0.725. The first-order valence-electron chi connectivity index (χ1n) is 9.13. The lowest BCUT2D eigenvalue weighted by Gasteiger charge is -2.32. The van der Waals surface area contributed by atoms with Crippen LogP contribution in [0.4, 0.5) is 5.69 Å². The van der Waals surface area contributed by atoms with Crippen molar-refractivity contribution in [1.29, 1.82) is 0 Å². The molecule has 0 bridgehead atoms. The van der Waals surface area contributed by atoms with Gasteiger partial charge in [-0.2, -0.15) is 17.0 Å². The summed E-state index contributed by atoms with van der Waals surface area (Å²) in [5, 5.41) is 5.60. The fourth-order valence-electron chi connectivity index (χ4n) is 2.96. The number of piperidine rings is 1. The number of rotatable bonds is 7. The molecule has 0 radical (unpaired) electrons. The number of hydrogen-bond acceptors (Lipinski definition) is 4. The molecule has 1 saturated heterocycles. The minimum atomic E-state index is -3.55. The summed E-state index contributed by atoms with van der Waals surface area (Å²) in [6.07, 6.45) is 2.04. The highest BCUT2D eigenvalue weighted by Crippen LogP contribution is 2.23. The van der Waals surface area contributed by atoms with Crippen molar-refractivity contribution in [2.24, 2.45) is 5.92 Å². The predicted octanol–water partition coefficient (Wildman–Crippen LogP) is 1.28. The number of carbonyl (C=O) groups excluding carboxylic acids is 2. The molecule has 2 rings (SSSR count). The molecule has 1 heterocycles. The Morgan fingerprint density at radius 2 is 1.96 bits per heavy atom. The van der Waals surface area contributed by atoms with E-state index in [1.807, 2.05) is 6.92 Å². The number of nitrogens with one attached hydrogen (secondary N) is 2. The molecule has 8 nitrogen and oxygen atoms in total. The van der Waals surface area contributed by atoms with Crippen molar-refractivity contribution < 1.29 is 18.0 Å². The summed E-state index contributed by atoms with van der Waals surface area (Å²) < 4.78 is 27.1. The second-order valence-corrected chi connectivity index (χ2v) is 8.92. The molecule has 1 aromatic carbocycles. The van der Waals surface area contributed by atoms with Gasteiger partial charge < -0.3 is 10.6 Å². The largest absolute Gasteiger partial charge is 0.352 e. The number of carbonyl (C=O) groups is 2. The summed E-state index contributed by atoms with van der Waals surface area (Å²) in [4.78, 5) is 25.0. The van der Waals surface area contributed by atoms with Crippen molar-refractivity contribution in [2.75, 3.05) is 39.0 Å². The molecule has 0 saturated carbocycles. The van der Waals surface area contributed by atoms with Crippen molar-refractivity contribution in [3.63, 3.8) is 0 Å². The highest BCUT2D eigenvalue weighted by atomic mass is 32.2. The van der Waals surface area contributed by atoms with Crippen molar-refractivity contribution in [3.8, 4) is 0 Å². The Labute approximate surface area is 161 Å². The van der Waals surface area contributed by atoms with E-state index in [0.29, 0.717) is 37.2 Å². The molecular formula is C18H28N4O4S. The summed E-state index contributed by atoms with van der Waals surface area (Å²) in [6, 6.07) is 6.82. The van der Waals surface area contributed by atoms with Crippen LogP contribution in [-0.2, 0) is 15.0 Å². The van der Waals surface area contributed by atoms with Gasteiger partial charge in [-0.1, -0.05) is 19.1 Å². The van der Waals surface area contributed by atoms with E-state index in [9.17, 15) is 18.0 Å². The van der Waals surface area contributed by atoms with Crippen molar-refractivity contribution in [2.45, 2.75) is 26.2 Å². The molecule has 27 heavy (non-hydrogen) atoms. The molecule has 0 unspecified atom stereocenters. The third kappa shape index (κ3) is 5.27. The second kappa shape index (κ2) is 9.29. The van der Waals surface area contributed by atoms with Gasteiger partial charge in [-0.05, 0) is 31.4 Å². The molecule has 0 aliphatic carbocycles. The molecule has 1 fully saturated rings. The van der Waals surface area contributed by atoms with Gasteiger partial charge in [-0.25, -0.2) is 0 Å². The van der Waals surface area contributed by atoms with Gasteiger partial charge >= 0.3 is 0 Å². The van der Waals surface area contributed by atoms with Gasteiger partial charge in [-0.3, -0.25) is 9.59 Å². The van der Waals surface area contributed by atoms with Crippen molar-refractivity contribution in [3.05, 3.63) is 29.8 Å². The summed E-state index contributed by atoms with van der Waals surface area (Å²) in [6.45, 7) is 3.06. The lowest BCUT2D eigenvalue weighted by molar-refractivity contribution is -0.120. The molecule has 0 aromatic heterocycles. The summed E-state index contributed by atoms with van der Waals surface area (Å²) >= 11 is 0. The lowest BCUT2D eigenvalue weighted by Crippen LogP contribution is -2.47. The zero-order valence-electron chi connectivity index (χ0n) is 16.1. The molecule has 0 spiro atoms. The molecule has 9 heteroatoms. The predicted molar refractivity (Wildman–Crippen MR) is 105 cm³/mol. The van der Waals surface area contributed by atoms with Crippen LogP contribution >= 0.6 is 0 Å². The zero-order valence-corrected chi connectivity index (χ0v) is 16.9. The third-order valence-electron chi connectivity index (χ3n) is 4.51. The summed E-state index contributed by atoms with van der Waals surface area (Å²) in [5.74, 6) is -0.974. The number of anilines is 1. The van der Waals surface area contributed by atoms with E-state index in [0.717, 1.165) is 10.7 Å². The van der Waals surface area contributed by atoms with Gasteiger partial charge in [0.2, 0.25) is 5.91 Å². The molecule has 1 aromatic rings. The van der Waals surface area contributed by atoms with Gasteiger partial charge in [0.15, 0.2) is 0 Å². The third-order valence-corrected chi connectivity index (χ3v) is 6.41. The maximum Gasteiger partial charge on any atom is 0.281 e. The first kappa shape index (κ1) is 21.3. The maximum atomic E-state index is 12.7. The fraction of sp³-hybridized carbons (Fsp3) is 0.556. The normalized spacial score (nSPS) is 18.3. The molecule has 150 valence electrons. The Balaban J connectivity index is 2.10. The van der Waals surface area contributed by atoms with Crippen LogP contribution in [0.3, 0.4) is 0 Å². The van der Waals surface area contributed by atoms with E-state index < -0.39 is 16.1 Å². The first-order valence-corrected chi connectivity index (χ1v) is 10.5. The van der Waals surface area contributed by atoms with Crippen LogP contribution in [-0.4, -0.2) is 62.6 Å². The first-order chi connectivity index (χ1) is 12.8. The van der Waals surface area contributed by atoms with Crippen LogP contribution < -0.4 is 10.6 Å². The Bertz CT molecular complexity index is 779. The SMILES string of the molecule is CCCNC(=O)c1ccccc1NC(=O)[C@@H]1CCCN(S(=O)(=O)N(C)C)C1. The minimum Gasteiger partial charge on any atom is -0.352 e. The zero-order chi connectivity index (χ0) is 20.0. The summed E-state index contributed by atoms with van der Waals surface area (Å²) in [7, 11) is -0.596. The maximum absolute atomic E-state index is 12.7. The highest BCUT2D eigenvalue weighted by molar-refractivity contribution is 7.86. The van der Waals surface area contributed by atoms with Crippen molar-refractivity contribution >= 4 is 27.7 Å². The Morgan fingerprint density at radius 3 is 2.63 bits per heavy atom. The van der Waals surface area contributed by atoms with Gasteiger partial charge in [0.25, 0.3) is 16.1 Å². The van der Waals surface area contributed by atoms with Crippen LogP contribution in [0, 0.1) is 5.92 Å². The van der Waals surface area contributed by atoms with E-state index in [1.54, 1.807) is 24.3 Å². The summed E-state index contributed by atoms with van der Waals surface area (Å²) in [5.41, 5.74) is 0.830.